The summed E-state index contributed by atoms with van der Waals surface area (Å²) in [5.41, 5.74) is -0.0560. The maximum absolute atomic E-state index is 10.00. The molecular weight excluding hydrogens is 168 g/mol. The molecule has 0 radical (unpaired) electrons. The van der Waals surface area contributed by atoms with Crippen LogP contribution >= 0.6 is 12.6 Å². The maximum atomic E-state index is 10.00. The summed E-state index contributed by atoms with van der Waals surface area (Å²) in [4.78, 5) is 0. The molecule has 0 amide bonds. The molecule has 4 atom stereocenters. The van der Waals surface area contributed by atoms with Crippen molar-refractivity contribution in [2.24, 2.45) is 17.3 Å². The summed E-state index contributed by atoms with van der Waals surface area (Å²) in [7, 11) is 0. The van der Waals surface area contributed by atoms with E-state index in [0.717, 1.165) is 24.7 Å². The van der Waals surface area contributed by atoms with Crippen molar-refractivity contribution in [2.45, 2.75) is 44.5 Å². The molecule has 0 unspecified atom stereocenters. The van der Waals surface area contributed by atoms with E-state index in [-0.39, 0.29) is 5.25 Å². The van der Waals surface area contributed by atoms with Crippen LogP contribution in [0, 0.1) is 17.3 Å². The first kappa shape index (κ1) is 8.89. The molecule has 2 fully saturated rings. The van der Waals surface area contributed by atoms with Gasteiger partial charge < -0.3 is 5.11 Å². The molecule has 2 rings (SSSR count). The number of aliphatic hydroxyl groups is 1. The van der Waals surface area contributed by atoms with E-state index in [1.165, 1.54) is 0 Å². The van der Waals surface area contributed by atoms with Gasteiger partial charge in [-0.25, -0.2) is 0 Å². The van der Waals surface area contributed by atoms with Gasteiger partial charge in [-0.15, -0.1) is 0 Å². The van der Waals surface area contributed by atoms with E-state index in [1.54, 1.807) is 0 Å². The summed E-state index contributed by atoms with van der Waals surface area (Å²) in [6, 6.07) is 0. The van der Waals surface area contributed by atoms with Crippen molar-refractivity contribution in [3.63, 3.8) is 0 Å². The molecule has 0 aromatic rings. The fourth-order valence-electron chi connectivity index (χ4n) is 2.81. The third-order valence-electron chi connectivity index (χ3n) is 4.12. The Labute approximate surface area is 80.0 Å². The molecule has 70 valence electrons. The minimum Gasteiger partial charge on any atom is -0.389 e. The minimum atomic E-state index is -0.530. The van der Waals surface area contributed by atoms with E-state index in [0.29, 0.717) is 5.41 Å². The normalized spacial score (nSPS) is 56.2. The first-order chi connectivity index (χ1) is 5.36. The van der Waals surface area contributed by atoms with E-state index in [4.69, 9.17) is 0 Å². The van der Waals surface area contributed by atoms with E-state index in [1.807, 2.05) is 6.92 Å². The molecule has 1 N–H and O–H groups in total. The zero-order valence-electron chi connectivity index (χ0n) is 8.04. The van der Waals surface area contributed by atoms with Gasteiger partial charge in [0, 0.05) is 5.25 Å². The lowest BCUT2D eigenvalue weighted by molar-refractivity contribution is 0.0250. The molecule has 0 aliphatic heterocycles. The van der Waals surface area contributed by atoms with Crippen LogP contribution in [0.2, 0.25) is 0 Å². The average Bonchev–Trinajstić information content (AvgIpc) is 2.37. The summed E-state index contributed by atoms with van der Waals surface area (Å²) in [5.74, 6) is 1.57. The Kier molecular flexibility index (Phi) is 1.64. The van der Waals surface area contributed by atoms with Crippen molar-refractivity contribution in [2.75, 3.05) is 0 Å². The van der Waals surface area contributed by atoms with Gasteiger partial charge in [-0.1, -0.05) is 13.8 Å². The monoisotopic (exact) mass is 186 g/mol. The highest BCUT2D eigenvalue weighted by molar-refractivity contribution is 7.81. The van der Waals surface area contributed by atoms with Crippen LogP contribution in [0.25, 0.3) is 0 Å². The smallest absolute Gasteiger partial charge is 0.0738 e. The predicted molar refractivity (Wildman–Crippen MR) is 53.4 cm³/mol. The molecular formula is C10H18OS. The lowest BCUT2D eigenvalue weighted by Gasteiger charge is -2.33. The molecule has 0 aromatic carbocycles. The largest absolute Gasteiger partial charge is 0.389 e. The second-order valence-electron chi connectivity index (χ2n) is 5.35. The Morgan fingerprint density at radius 2 is 1.83 bits per heavy atom. The molecule has 0 spiro atoms. The highest BCUT2D eigenvalue weighted by Gasteiger charge is 2.63. The average molecular weight is 186 g/mol. The molecule has 2 aliphatic carbocycles. The van der Waals surface area contributed by atoms with Crippen LogP contribution in [0.4, 0.5) is 0 Å². The lowest BCUT2D eigenvalue weighted by atomic mass is 9.86. The van der Waals surface area contributed by atoms with E-state index in [9.17, 15) is 5.11 Å². The van der Waals surface area contributed by atoms with E-state index < -0.39 is 5.60 Å². The number of hydrogen-bond donors (Lipinski definition) is 2. The second-order valence-corrected chi connectivity index (χ2v) is 5.97. The Hall–Kier alpha value is 0.310. The van der Waals surface area contributed by atoms with Crippen molar-refractivity contribution < 1.29 is 5.11 Å². The molecule has 0 bridgehead atoms. The SMILES string of the molecule is CC1(C)[C@@H]2C[C@@H](S)[C@](C)(O)C[C@@H]21. The summed E-state index contributed by atoms with van der Waals surface area (Å²) in [5, 5.41) is 10.2. The lowest BCUT2D eigenvalue weighted by Crippen LogP contribution is -2.39. The zero-order chi connectivity index (χ0) is 9.15. The van der Waals surface area contributed by atoms with E-state index in [2.05, 4.69) is 26.5 Å². The van der Waals surface area contributed by atoms with Gasteiger partial charge in [-0.3, -0.25) is 0 Å². The van der Waals surface area contributed by atoms with Crippen molar-refractivity contribution in [3.8, 4) is 0 Å². The van der Waals surface area contributed by atoms with Crippen LogP contribution in [0.3, 0.4) is 0 Å². The Bertz CT molecular complexity index is 210. The van der Waals surface area contributed by atoms with E-state index >= 15 is 0 Å². The van der Waals surface area contributed by atoms with Crippen LogP contribution in [0.1, 0.15) is 33.6 Å². The number of thiol groups is 1. The third-order valence-corrected chi connectivity index (χ3v) is 4.88. The molecule has 2 saturated carbocycles. The first-order valence-electron chi connectivity index (χ1n) is 4.76. The summed E-state index contributed by atoms with van der Waals surface area (Å²) in [6.45, 7) is 6.55. The first-order valence-corrected chi connectivity index (χ1v) is 5.28. The number of hydrogen-bond acceptors (Lipinski definition) is 2. The van der Waals surface area contributed by atoms with Crippen LogP contribution in [-0.2, 0) is 0 Å². The van der Waals surface area contributed by atoms with Gasteiger partial charge in [-0.2, -0.15) is 12.6 Å². The van der Waals surface area contributed by atoms with Crippen LogP contribution in [-0.4, -0.2) is 16.0 Å². The van der Waals surface area contributed by atoms with Crippen molar-refractivity contribution in [1.82, 2.24) is 0 Å². The van der Waals surface area contributed by atoms with Gasteiger partial charge in [-0.05, 0) is 37.0 Å². The maximum Gasteiger partial charge on any atom is 0.0738 e. The van der Waals surface area contributed by atoms with Gasteiger partial charge in [0.25, 0.3) is 0 Å². The van der Waals surface area contributed by atoms with Gasteiger partial charge in [0.1, 0.15) is 0 Å². The summed E-state index contributed by atoms with van der Waals surface area (Å²) >= 11 is 4.46. The second kappa shape index (κ2) is 2.21. The van der Waals surface area contributed by atoms with Crippen LogP contribution < -0.4 is 0 Å². The number of fused-ring (bicyclic) bond motifs is 1. The molecule has 0 heterocycles. The molecule has 0 saturated heterocycles. The number of rotatable bonds is 0. The molecule has 2 heteroatoms. The van der Waals surface area contributed by atoms with Crippen molar-refractivity contribution in [3.05, 3.63) is 0 Å². The van der Waals surface area contributed by atoms with Crippen molar-refractivity contribution in [1.29, 1.82) is 0 Å². The van der Waals surface area contributed by atoms with Gasteiger partial charge in [0.2, 0.25) is 0 Å². The Morgan fingerprint density at radius 3 is 2.33 bits per heavy atom. The molecule has 0 aromatic heterocycles. The standard InChI is InChI=1S/C10H18OS/c1-9(2)6-4-8(12)10(3,11)5-7(6)9/h6-8,11-12H,4-5H2,1-3H3/t6-,7+,8-,10-/m1/s1. The van der Waals surface area contributed by atoms with Crippen LogP contribution in [0.5, 0.6) is 0 Å². The molecule has 12 heavy (non-hydrogen) atoms. The van der Waals surface area contributed by atoms with Gasteiger partial charge in [0.05, 0.1) is 5.60 Å². The van der Waals surface area contributed by atoms with Gasteiger partial charge >= 0.3 is 0 Å². The van der Waals surface area contributed by atoms with Crippen molar-refractivity contribution >= 4 is 12.6 Å². The Morgan fingerprint density at radius 1 is 1.25 bits per heavy atom. The molecule has 1 nitrogen and oxygen atoms in total. The highest BCUT2D eigenvalue weighted by Crippen LogP contribution is 2.66. The summed E-state index contributed by atoms with van der Waals surface area (Å²) in [6.07, 6.45) is 2.03. The Balaban J connectivity index is 2.14. The third kappa shape index (κ3) is 1.04. The predicted octanol–water partition coefficient (Wildman–Crippen LogP) is 2.10. The quantitative estimate of drug-likeness (QED) is 0.555. The topological polar surface area (TPSA) is 20.2 Å². The van der Waals surface area contributed by atoms with Gasteiger partial charge in [0.15, 0.2) is 0 Å². The van der Waals surface area contributed by atoms with Crippen LogP contribution in [0.15, 0.2) is 0 Å². The molecule has 2 aliphatic rings. The fraction of sp³-hybridized carbons (Fsp3) is 1.00. The summed E-state index contributed by atoms with van der Waals surface area (Å²) < 4.78 is 0. The zero-order valence-corrected chi connectivity index (χ0v) is 8.94. The minimum absolute atomic E-state index is 0.181. The highest BCUT2D eigenvalue weighted by atomic mass is 32.1. The fourth-order valence-corrected chi connectivity index (χ4v) is 3.14.